The monoisotopic (exact) mass is 300 g/mol. The van der Waals surface area contributed by atoms with E-state index in [-0.39, 0.29) is 5.91 Å². The molecule has 1 aliphatic rings. The molecule has 1 aliphatic heterocycles. The van der Waals surface area contributed by atoms with Gasteiger partial charge in [-0.15, -0.1) is 0 Å². The average molecular weight is 301 g/mol. The maximum Gasteiger partial charge on any atom is 0.254 e. The molecule has 1 heterocycles. The molecule has 3 rings (SSSR count). The van der Waals surface area contributed by atoms with E-state index in [1.54, 1.807) is 6.07 Å². The molecular formula is C17H17ClN2O. The van der Waals surface area contributed by atoms with E-state index in [0.29, 0.717) is 17.1 Å². The van der Waals surface area contributed by atoms with E-state index in [0.717, 1.165) is 29.8 Å². The van der Waals surface area contributed by atoms with Gasteiger partial charge in [-0.25, -0.2) is 0 Å². The fourth-order valence-electron chi connectivity index (χ4n) is 2.79. The minimum Gasteiger partial charge on any atom is -0.399 e. The van der Waals surface area contributed by atoms with Crippen molar-refractivity contribution in [3.8, 4) is 0 Å². The van der Waals surface area contributed by atoms with E-state index in [1.807, 2.05) is 36.1 Å². The number of hydrogen-bond acceptors (Lipinski definition) is 2. The molecule has 0 aliphatic carbocycles. The van der Waals surface area contributed by atoms with Crippen LogP contribution >= 0.6 is 11.6 Å². The molecule has 0 unspecified atom stereocenters. The number of rotatable bonds is 1. The standard InChI is InChI=1S/C17H17ClN2O/c1-11-6-13(8-15(18)7-11)17(21)20-5-4-12-2-3-16(19)9-14(12)10-20/h2-3,6-9H,4-5,10,19H2,1H3. The Labute approximate surface area is 129 Å². The second kappa shape index (κ2) is 5.41. The van der Waals surface area contributed by atoms with Crippen LogP contribution in [0.3, 0.4) is 0 Å². The Bertz CT molecular complexity index is 692. The number of benzene rings is 2. The van der Waals surface area contributed by atoms with Crippen molar-refractivity contribution in [2.75, 3.05) is 12.3 Å². The topological polar surface area (TPSA) is 46.3 Å². The van der Waals surface area contributed by atoms with Crippen LogP contribution in [0.1, 0.15) is 27.0 Å². The molecule has 0 atom stereocenters. The van der Waals surface area contributed by atoms with Crippen LogP contribution in [0.25, 0.3) is 0 Å². The predicted molar refractivity (Wildman–Crippen MR) is 85.5 cm³/mol. The van der Waals surface area contributed by atoms with Crippen molar-refractivity contribution >= 4 is 23.2 Å². The second-order valence-electron chi connectivity index (χ2n) is 5.52. The number of fused-ring (bicyclic) bond motifs is 1. The fraction of sp³-hybridized carbons (Fsp3) is 0.235. The SMILES string of the molecule is Cc1cc(Cl)cc(C(=O)N2CCc3ccc(N)cc3C2)c1. The van der Waals surface area contributed by atoms with E-state index in [4.69, 9.17) is 17.3 Å². The third kappa shape index (κ3) is 2.88. The van der Waals surface area contributed by atoms with Crippen molar-refractivity contribution in [2.45, 2.75) is 19.9 Å². The van der Waals surface area contributed by atoms with E-state index >= 15 is 0 Å². The van der Waals surface area contributed by atoms with Crippen LogP contribution in [0.5, 0.6) is 0 Å². The quantitative estimate of drug-likeness (QED) is 0.820. The molecule has 0 spiro atoms. The van der Waals surface area contributed by atoms with Crippen LogP contribution in [0, 0.1) is 6.92 Å². The molecule has 4 heteroatoms. The zero-order chi connectivity index (χ0) is 15.0. The van der Waals surface area contributed by atoms with Gasteiger partial charge in [0.25, 0.3) is 5.91 Å². The molecule has 1 amide bonds. The minimum atomic E-state index is 0.0219. The summed E-state index contributed by atoms with van der Waals surface area (Å²) >= 11 is 6.05. The van der Waals surface area contributed by atoms with Crippen LogP contribution < -0.4 is 5.73 Å². The summed E-state index contributed by atoms with van der Waals surface area (Å²) in [6.07, 6.45) is 0.862. The lowest BCUT2D eigenvalue weighted by Crippen LogP contribution is -2.36. The zero-order valence-electron chi connectivity index (χ0n) is 11.9. The lowest BCUT2D eigenvalue weighted by atomic mass is 9.98. The molecule has 0 radical (unpaired) electrons. The molecule has 2 aromatic carbocycles. The van der Waals surface area contributed by atoms with Crippen LogP contribution in [0.15, 0.2) is 36.4 Å². The second-order valence-corrected chi connectivity index (χ2v) is 5.96. The summed E-state index contributed by atoms with van der Waals surface area (Å²) in [4.78, 5) is 14.5. The van der Waals surface area contributed by atoms with Gasteiger partial charge < -0.3 is 10.6 Å². The van der Waals surface area contributed by atoms with Gasteiger partial charge >= 0.3 is 0 Å². The van der Waals surface area contributed by atoms with Crippen molar-refractivity contribution in [3.05, 3.63) is 63.7 Å². The first kappa shape index (κ1) is 14.0. The molecular weight excluding hydrogens is 284 g/mol. The Kier molecular flexibility index (Phi) is 3.60. The number of anilines is 1. The highest BCUT2D eigenvalue weighted by Crippen LogP contribution is 2.24. The third-order valence-electron chi connectivity index (χ3n) is 3.82. The van der Waals surface area contributed by atoms with Gasteiger partial charge in [0.15, 0.2) is 0 Å². The van der Waals surface area contributed by atoms with Crippen molar-refractivity contribution < 1.29 is 4.79 Å². The number of carbonyl (C=O) groups excluding carboxylic acids is 1. The lowest BCUT2D eigenvalue weighted by Gasteiger charge is -2.29. The number of carbonyl (C=O) groups is 1. The maximum absolute atomic E-state index is 12.6. The van der Waals surface area contributed by atoms with E-state index in [9.17, 15) is 4.79 Å². The summed E-state index contributed by atoms with van der Waals surface area (Å²) in [5, 5.41) is 0.597. The number of nitrogens with two attached hydrogens (primary N) is 1. The Balaban J connectivity index is 1.86. The van der Waals surface area contributed by atoms with Gasteiger partial charge in [-0.3, -0.25) is 4.79 Å². The van der Waals surface area contributed by atoms with Gasteiger partial charge in [0.2, 0.25) is 0 Å². The fourth-order valence-corrected chi connectivity index (χ4v) is 3.08. The van der Waals surface area contributed by atoms with Gasteiger partial charge in [0.1, 0.15) is 0 Å². The van der Waals surface area contributed by atoms with Gasteiger partial charge in [-0.2, -0.15) is 0 Å². The van der Waals surface area contributed by atoms with Crippen molar-refractivity contribution in [3.63, 3.8) is 0 Å². The van der Waals surface area contributed by atoms with Crippen LogP contribution in [-0.2, 0) is 13.0 Å². The van der Waals surface area contributed by atoms with Crippen LogP contribution in [-0.4, -0.2) is 17.4 Å². The number of nitrogen functional groups attached to an aromatic ring is 1. The zero-order valence-corrected chi connectivity index (χ0v) is 12.7. The normalized spacial score (nSPS) is 13.9. The molecule has 0 aromatic heterocycles. The number of amides is 1. The van der Waals surface area contributed by atoms with Crippen molar-refractivity contribution in [1.29, 1.82) is 0 Å². The largest absolute Gasteiger partial charge is 0.399 e. The molecule has 2 aromatic rings. The van der Waals surface area contributed by atoms with Crippen LogP contribution in [0.4, 0.5) is 5.69 Å². The first-order valence-electron chi connectivity index (χ1n) is 6.97. The van der Waals surface area contributed by atoms with Gasteiger partial charge in [0.05, 0.1) is 0 Å². The lowest BCUT2D eigenvalue weighted by molar-refractivity contribution is 0.0734. The summed E-state index contributed by atoms with van der Waals surface area (Å²) in [5.74, 6) is 0.0219. The molecule has 2 N–H and O–H groups in total. The number of halogens is 1. The minimum absolute atomic E-state index is 0.0219. The smallest absolute Gasteiger partial charge is 0.254 e. The summed E-state index contributed by atoms with van der Waals surface area (Å²) < 4.78 is 0. The Morgan fingerprint density at radius 1 is 1.19 bits per heavy atom. The van der Waals surface area contributed by atoms with Crippen molar-refractivity contribution in [1.82, 2.24) is 4.90 Å². The van der Waals surface area contributed by atoms with Gasteiger partial charge in [-0.1, -0.05) is 17.7 Å². The summed E-state index contributed by atoms with van der Waals surface area (Å²) in [7, 11) is 0. The molecule has 0 saturated heterocycles. The molecule has 0 bridgehead atoms. The average Bonchev–Trinajstić information content (AvgIpc) is 2.44. The summed E-state index contributed by atoms with van der Waals surface area (Å²) in [6, 6.07) is 11.4. The van der Waals surface area contributed by atoms with E-state index < -0.39 is 0 Å². The highest BCUT2D eigenvalue weighted by atomic mass is 35.5. The predicted octanol–water partition coefficient (Wildman–Crippen LogP) is 3.43. The number of hydrogen-bond donors (Lipinski definition) is 1. The molecule has 21 heavy (non-hydrogen) atoms. The summed E-state index contributed by atoms with van der Waals surface area (Å²) in [5.41, 5.74) is 10.6. The molecule has 108 valence electrons. The summed E-state index contributed by atoms with van der Waals surface area (Å²) in [6.45, 7) is 3.26. The first-order valence-corrected chi connectivity index (χ1v) is 7.34. The van der Waals surface area contributed by atoms with Gasteiger partial charge in [0, 0.05) is 29.4 Å². The van der Waals surface area contributed by atoms with Crippen LogP contribution in [0.2, 0.25) is 5.02 Å². The molecule has 0 saturated carbocycles. The Morgan fingerprint density at radius 2 is 2.00 bits per heavy atom. The Morgan fingerprint density at radius 3 is 2.76 bits per heavy atom. The number of aryl methyl sites for hydroxylation is 1. The maximum atomic E-state index is 12.6. The Hall–Kier alpha value is -2.00. The van der Waals surface area contributed by atoms with Gasteiger partial charge in [-0.05, 0) is 60.4 Å². The number of nitrogens with zero attached hydrogens (tertiary/aromatic N) is 1. The highest BCUT2D eigenvalue weighted by Gasteiger charge is 2.22. The highest BCUT2D eigenvalue weighted by molar-refractivity contribution is 6.31. The molecule has 3 nitrogen and oxygen atoms in total. The van der Waals surface area contributed by atoms with Crippen molar-refractivity contribution in [2.24, 2.45) is 0 Å². The first-order chi connectivity index (χ1) is 10.0. The molecule has 0 fully saturated rings. The van der Waals surface area contributed by atoms with E-state index in [1.165, 1.54) is 5.56 Å². The van der Waals surface area contributed by atoms with E-state index in [2.05, 4.69) is 6.07 Å². The third-order valence-corrected chi connectivity index (χ3v) is 4.04.